The second-order valence-corrected chi connectivity index (χ2v) is 4.62. The minimum absolute atomic E-state index is 0.151. The summed E-state index contributed by atoms with van der Waals surface area (Å²) in [6.07, 6.45) is -4.44. The Morgan fingerprint density at radius 3 is 2.70 bits per heavy atom. The Morgan fingerprint density at radius 1 is 1.40 bits per heavy atom. The fourth-order valence-electron chi connectivity index (χ4n) is 2.25. The Balaban J connectivity index is 2.21. The molecule has 2 rings (SSSR count). The number of alkyl halides is 3. The smallest absolute Gasteiger partial charge is 0.416 e. The number of hydrogen-bond donors (Lipinski definition) is 1. The molecule has 1 amide bonds. The number of hydrogen-bond acceptors (Lipinski definition) is 2. The summed E-state index contributed by atoms with van der Waals surface area (Å²) in [5, 5.41) is 8.68. The van der Waals surface area contributed by atoms with Crippen LogP contribution < -0.4 is 4.90 Å². The van der Waals surface area contributed by atoms with E-state index in [0.29, 0.717) is 6.42 Å². The van der Waals surface area contributed by atoms with Gasteiger partial charge in [0.15, 0.2) is 0 Å². The minimum atomic E-state index is -4.47. The van der Waals surface area contributed by atoms with Gasteiger partial charge in [-0.2, -0.15) is 13.2 Å². The normalized spacial score (nSPS) is 19.4. The number of halogens is 3. The number of carbonyl (C=O) groups excluding carboxylic acids is 1. The van der Waals surface area contributed by atoms with Gasteiger partial charge in [0.25, 0.3) is 0 Å². The zero-order valence-electron chi connectivity index (χ0n) is 10.4. The lowest BCUT2D eigenvalue weighted by atomic mass is 10.0. The summed E-state index contributed by atoms with van der Waals surface area (Å²) in [5.41, 5.74) is -0.679. The van der Waals surface area contributed by atoms with Gasteiger partial charge in [-0.05, 0) is 24.6 Å². The van der Waals surface area contributed by atoms with Crippen molar-refractivity contribution in [2.24, 2.45) is 5.92 Å². The number of aliphatic carboxylic acids is 1. The summed E-state index contributed by atoms with van der Waals surface area (Å²) in [5.74, 6) is -2.19. The van der Waals surface area contributed by atoms with Crippen LogP contribution in [0.25, 0.3) is 0 Å². The standard InChI is InChI=1S/C13H12F3NO3/c14-13(15,16)9-2-1-3-10(7-9)17-5-4-8(12(17)20)6-11(18)19/h1-3,7-8H,4-6H2,(H,18,19). The molecule has 1 N–H and O–H groups in total. The molecule has 0 saturated carbocycles. The lowest BCUT2D eigenvalue weighted by Gasteiger charge is -2.18. The van der Waals surface area contributed by atoms with E-state index in [9.17, 15) is 22.8 Å². The zero-order valence-corrected chi connectivity index (χ0v) is 10.4. The summed E-state index contributed by atoms with van der Waals surface area (Å²) in [6.45, 7) is 0.234. The van der Waals surface area contributed by atoms with Crippen molar-refractivity contribution in [3.63, 3.8) is 0 Å². The first-order valence-corrected chi connectivity index (χ1v) is 5.99. The summed E-state index contributed by atoms with van der Waals surface area (Å²) in [6, 6.07) is 4.48. The average molecular weight is 287 g/mol. The number of carboxylic acid groups (broad SMARTS) is 1. The molecule has 1 aliphatic rings. The van der Waals surface area contributed by atoms with Crippen molar-refractivity contribution in [1.29, 1.82) is 0 Å². The maximum absolute atomic E-state index is 12.6. The van der Waals surface area contributed by atoms with Gasteiger partial charge in [-0.3, -0.25) is 9.59 Å². The van der Waals surface area contributed by atoms with Crippen LogP contribution in [-0.2, 0) is 15.8 Å². The summed E-state index contributed by atoms with van der Waals surface area (Å²) in [7, 11) is 0. The minimum Gasteiger partial charge on any atom is -0.481 e. The number of benzene rings is 1. The molecule has 108 valence electrons. The topological polar surface area (TPSA) is 57.6 Å². The molecule has 1 heterocycles. The molecule has 7 heteroatoms. The van der Waals surface area contributed by atoms with Crippen molar-refractivity contribution in [1.82, 2.24) is 0 Å². The highest BCUT2D eigenvalue weighted by Gasteiger charge is 2.35. The number of anilines is 1. The first kappa shape index (κ1) is 14.4. The Labute approximate surface area is 112 Å². The van der Waals surface area contributed by atoms with Gasteiger partial charge in [-0.15, -0.1) is 0 Å². The predicted molar refractivity (Wildman–Crippen MR) is 64.2 cm³/mol. The third kappa shape index (κ3) is 2.92. The molecule has 0 radical (unpaired) electrons. The molecule has 1 fully saturated rings. The summed E-state index contributed by atoms with van der Waals surface area (Å²) in [4.78, 5) is 23.8. The molecule has 0 aromatic heterocycles. The van der Waals surface area contributed by atoms with Gasteiger partial charge >= 0.3 is 12.1 Å². The first-order chi connectivity index (χ1) is 9.29. The average Bonchev–Trinajstić information content (AvgIpc) is 2.69. The van der Waals surface area contributed by atoms with E-state index in [-0.39, 0.29) is 18.7 Å². The van der Waals surface area contributed by atoms with Crippen molar-refractivity contribution in [2.75, 3.05) is 11.4 Å². The molecule has 1 saturated heterocycles. The Bertz CT molecular complexity index is 542. The van der Waals surface area contributed by atoms with Gasteiger partial charge in [0.05, 0.1) is 17.9 Å². The van der Waals surface area contributed by atoms with Gasteiger partial charge in [0.2, 0.25) is 5.91 Å². The van der Waals surface area contributed by atoms with E-state index in [1.54, 1.807) is 0 Å². The Hall–Kier alpha value is -2.05. The van der Waals surface area contributed by atoms with Gasteiger partial charge in [0, 0.05) is 12.2 Å². The number of rotatable bonds is 3. The van der Waals surface area contributed by atoms with E-state index in [4.69, 9.17) is 5.11 Å². The fraction of sp³-hybridized carbons (Fsp3) is 0.385. The molecule has 1 aromatic rings. The van der Waals surface area contributed by atoms with Crippen LogP contribution >= 0.6 is 0 Å². The summed E-state index contributed by atoms with van der Waals surface area (Å²) < 4.78 is 37.9. The number of amides is 1. The second-order valence-electron chi connectivity index (χ2n) is 4.62. The van der Waals surface area contributed by atoms with E-state index >= 15 is 0 Å². The molecule has 1 unspecified atom stereocenters. The number of nitrogens with zero attached hydrogens (tertiary/aromatic N) is 1. The largest absolute Gasteiger partial charge is 0.481 e. The van der Waals surface area contributed by atoms with Crippen molar-refractivity contribution < 1.29 is 27.9 Å². The van der Waals surface area contributed by atoms with Gasteiger partial charge in [-0.25, -0.2) is 0 Å². The highest BCUT2D eigenvalue weighted by atomic mass is 19.4. The lowest BCUT2D eigenvalue weighted by Crippen LogP contribution is -2.28. The quantitative estimate of drug-likeness (QED) is 0.929. The molecule has 0 aliphatic carbocycles. The Morgan fingerprint density at radius 2 is 2.10 bits per heavy atom. The lowest BCUT2D eigenvalue weighted by molar-refractivity contribution is -0.140. The molecular weight excluding hydrogens is 275 g/mol. The third-order valence-corrected chi connectivity index (χ3v) is 3.22. The molecular formula is C13H12F3NO3. The number of carbonyl (C=O) groups is 2. The van der Waals surface area contributed by atoms with E-state index in [2.05, 4.69) is 0 Å². The molecule has 0 spiro atoms. The van der Waals surface area contributed by atoms with E-state index in [1.807, 2.05) is 0 Å². The van der Waals surface area contributed by atoms with E-state index < -0.39 is 29.5 Å². The maximum atomic E-state index is 12.6. The van der Waals surface area contributed by atoms with Crippen LogP contribution in [-0.4, -0.2) is 23.5 Å². The van der Waals surface area contributed by atoms with Crippen molar-refractivity contribution in [3.05, 3.63) is 29.8 Å². The SMILES string of the molecule is O=C(O)CC1CCN(c2cccc(C(F)(F)F)c2)C1=O. The van der Waals surface area contributed by atoms with Crippen LogP contribution in [0.5, 0.6) is 0 Å². The molecule has 4 nitrogen and oxygen atoms in total. The molecule has 1 aliphatic heterocycles. The van der Waals surface area contributed by atoms with Crippen LogP contribution in [0.3, 0.4) is 0 Å². The summed E-state index contributed by atoms with van der Waals surface area (Å²) >= 11 is 0. The van der Waals surface area contributed by atoms with E-state index in [0.717, 1.165) is 12.1 Å². The Kier molecular flexibility index (Phi) is 3.69. The van der Waals surface area contributed by atoms with Crippen LogP contribution in [0.15, 0.2) is 24.3 Å². The third-order valence-electron chi connectivity index (χ3n) is 3.22. The first-order valence-electron chi connectivity index (χ1n) is 5.99. The maximum Gasteiger partial charge on any atom is 0.416 e. The molecule has 20 heavy (non-hydrogen) atoms. The van der Waals surface area contributed by atoms with Crippen molar-refractivity contribution >= 4 is 17.6 Å². The predicted octanol–water partition coefficient (Wildman–Crippen LogP) is 2.53. The van der Waals surface area contributed by atoms with Crippen molar-refractivity contribution in [2.45, 2.75) is 19.0 Å². The highest BCUT2D eigenvalue weighted by molar-refractivity contribution is 5.98. The van der Waals surface area contributed by atoms with Gasteiger partial charge in [-0.1, -0.05) is 6.07 Å². The molecule has 1 aromatic carbocycles. The fourth-order valence-corrected chi connectivity index (χ4v) is 2.25. The second kappa shape index (κ2) is 5.15. The zero-order chi connectivity index (χ0) is 14.9. The van der Waals surface area contributed by atoms with Crippen LogP contribution in [0.4, 0.5) is 18.9 Å². The van der Waals surface area contributed by atoms with Crippen LogP contribution in [0.1, 0.15) is 18.4 Å². The van der Waals surface area contributed by atoms with Gasteiger partial charge < -0.3 is 10.0 Å². The molecule has 0 bridgehead atoms. The number of carboxylic acids is 1. The monoisotopic (exact) mass is 287 g/mol. The molecule has 1 atom stereocenters. The van der Waals surface area contributed by atoms with Crippen molar-refractivity contribution in [3.8, 4) is 0 Å². The van der Waals surface area contributed by atoms with Gasteiger partial charge in [0.1, 0.15) is 0 Å². The highest BCUT2D eigenvalue weighted by Crippen LogP contribution is 2.33. The van der Waals surface area contributed by atoms with E-state index in [1.165, 1.54) is 17.0 Å². The van der Waals surface area contributed by atoms with Crippen LogP contribution in [0.2, 0.25) is 0 Å². The van der Waals surface area contributed by atoms with Crippen LogP contribution in [0, 0.1) is 5.92 Å².